The van der Waals surface area contributed by atoms with Crippen LogP contribution in [0.5, 0.6) is 5.88 Å². The van der Waals surface area contributed by atoms with Crippen molar-refractivity contribution in [1.29, 1.82) is 0 Å². The summed E-state index contributed by atoms with van der Waals surface area (Å²) in [5.41, 5.74) is 7.12. The summed E-state index contributed by atoms with van der Waals surface area (Å²) in [5, 5.41) is 8.97. The highest BCUT2D eigenvalue weighted by Gasteiger charge is 2.29. The van der Waals surface area contributed by atoms with E-state index in [1.165, 1.54) is 5.56 Å². The molecule has 1 fully saturated rings. The van der Waals surface area contributed by atoms with Crippen molar-refractivity contribution in [1.82, 2.24) is 9.97 Å². The van der Waals surface area contributed by atoms with E-state index in [4.69, 9.17) is 15.6 Å². The Kier molecular flexibility index (Phi) is 5.43. The lowest BCUT2D eigenvalue weighted by atomic mass is 9.77. The predicted octanol–water partition coefficient (Wildman–Crippen LogP) is 2.14. The van der Waals surface area contributed by atoms with Crippen molar-refractivity contribution in [3.8, 4) is 5.88 Å². The van der Waals surface area contributed by atoms with Crippen LogP contribution < -0.4 is 21.1 Å². The second-order valence-electron chi connectivity index (χ2n) is 7.84. The lowest BCUT2D eigenvalue weighted by molar-refractivity contribution is -0.138. The zero-order valence-corrected chi connectivity index (χ0v) is 16.5. The van der Waals surface area contributed by atoms with Crippen molar-refractivity contribution in [2.45, 2.75) is 38.0 Å². The van der Waals surface area contributed by atoms with Crippen LogP contribution in [0.3, 0.4) is 0 Å². The van der Waals surface area contributed by atoms with Crippen LogP contribution in [-0.2, 0) is 4.79 Å². The molecule has 30 heavy (non-hydrogen) atoms. The number of hydrogen-bond acceptors (Lipinski definition) is 6. The molecule has 1 saturated carbocycles. The molecule has 2 heterocycles. The molecule has 1 aliphatic carbocycles. The number of aromatic amines is 1. The zero-order chi connectivity index (χ0) is 21.3. The maximum absolute atomic E-state index is 13.0. The summed E-state index contributed by atoms with van der Waals surface area (Å²) in [6.07, 6.45) is 4.02. The first kappa shape index (κ1) is 19.9. The lowest BCUT2D eigenvalue weighted by Gasteiger charge is -2.28. The van der Waals surface area contributed by atoms with Crippen LogP contribution in [0.2, 0.25) is 0 Å². The molecule has 9 nitrogen and oxygen atoms in total. The molecule has 2 aromatic rings. The first-order valence-electron chi connectivity index (χ1n) is 10.1. The molecular weight excluding hydrogens is 388 g/mol. The van der Waals surface area contributed by atoms with Gasteiger partial charge in [0.15, 0.2) is 0 Å². The SMILES string of the molecule is Nc1nc(=O)[nH]c2c1C(=O)N(c1ccc(C3CCC(CC(=O)O)CC3)cc1)CCO2. The van der Waals surface area contributed by atoms with E-state index in [-0.39, 0.29) is 42.1 Å². The van der Waals surface area contributed by atoms with Crippen LogP contribution in [0.1, 0.15) is 53.9 Å². The summed E-state index contributed by atoms with van der Waals surface area (Å²) >= 11 is 0. The summed E-state index contributed by atoms with van der Waals surface area (Å²) in [5.74, 6) is -0.535. The number of nitrogen functional groups attached to an aromatic ring is 1. The number of aromatic nitrogens is 2. The fraction of sp³-hybridized carbons (Fsp3) is 0.429. The number of hydrogen-bond donors (Lipinski definition) is 3. The van der Waals surface area contributed by atoms with E-state index in [9.17, 15) is 14.4 Å². The number of aliphatic carboxylic acids is 1. The van der Waals surface area contributed by atoms with Gasteiger partial charge >= 0.3 is 11.7 Å². The number of carbonyl (C=O) groups excluding carboxylic acids is 1. The summed E-state index contributed by atoms with van der Waals surface area (Å²) in [6, 6.07) is 7.84. The maximum Gasteiger partial charge on any atom is 0.349 e. The minimum Gasteiger partial charge on any atom is -0.481 e. The smallest absolute Gasteiger partial charge is 0.349 e. The number of ether oxygens (including phenoxy) is 1. The zero-order valence-electron chi connectivity index (χ0n) is 16.5. The number of rotatable bonds is 4. The number of nitrogens with two attached hydrogens (primary N) is 1. The molecule has 1 aromatic carbocycles. The number of carboxylic acid groups (broad SMARTS) is 1. The summed E-state index contributed by atoms with van der Waals surface area (Å²) in [4.78, 5) is 43.1. The van der Waals surface area contributed by atoms with Gasteiger partial charge in [-0.3, -0.25) is 14.6 Å². The van der Waals surface area contributed by atoms with Crippen LogP contribution in [0.4, 0.5) is 11.5 Å². The molecule has 0 radical (unpaired) electrons. The highest BCUT2D eigenvalue weighted by atomic mass is 16.5. The molecule has 1 aliphatic heterocycles. The third kappa shape index (κ3) is 4.00. The predicted molar refractivity (Wildman–Crippen MR) is 110 cm³/mol. The van der Waals surface area contributed by atoms with Crippen molar-refractivity contribution in [2.24, 2.45) is 5.92 Å². The monoisotopic (exact) mass is 412 g/mol. The van der Waals surface area contributed by atoms with Crippen molar-refractivity contribution in [3.63, 3.8) is 0 Å². The van der Waals surface area contributed by atoms with Crippen LogP contribution in [0.25, 0.3) is 0 Å². The van der Waals surface area contributed by atoms with Gasteiger partial charge in [-0.15, -0.1) is 0 Å². The number of nitrogens with one attached hydrogen (secondary N) is 1. The number of anilines is 2. The van der Waals surface area contributed by atoms with E-state index < -0.39 is 11.7 Å². The molecule has 0 spiro atoms. The summed E-state index contributed by atoms with van der Waals surface area (Å²) in [6.45, 7) is 0.530. The second-order valence-corrected chi connectivity index (χ2v) is 7.84. The van der Waals surface area contributed by atoms with Crippen molar-refractivity contribution >= 4 is 23.4 Å². The van der Waals surface area contributed by atoms with Gasteiger partial charge in [0.25, 0.3) is 5.91 Å². The quantitative estimate of drug-likeness (QED) is 0.699. The Morgan fingerprint density at radius 3 is 2.57 bits per heavy atom. The lowest BCUT2D eigenvalue weighted by Crippen LogP contribution is -2.33. The van der Waals surface area contributed by atoms with Gasteiger partial charge in [-0.25, -0.2) is 4.79 Å². The first-order chi connectivity index (χ1) is 14.4. The Balaban J connectivity index is 1.49. The second kappa shape index (κ2) is 8.17. The average molecular weight is 412 g/mol. The maximum atomic E-state index is 13.0. The van der Waals surface area contributed by atoms with Gasteiger partial charge in [-0.1, -0.05) is 12.1 Å². The number of carbonyl (C=O) groups is 2. The Bertz CT molecular complexity index is 1010. The molecule has 0 saturated heterocycles. The third-order valence-corrected chi connectivity index (χ3v) is 5.93. The minimum atomic E-state index is -0.726. The molecule has 0 unspecified atom stereocenters. The van der Waals surface area contributed by atoms with Gasteiger partial charge in [0.05, 0.1) is 6.54 Å². The van der Waals surface area contributed by atoms with Crippen LogP contribution in [0.15, 0.2) is 29.1 Å². The van der Waals surface area contributed by atoms with E-state index in [2.05, 4.69) is 9.97 Å². The number of benzene rings is 1. The molecule has 1 aromatic heterocycles. The number of amides is 1. The van der Waals surface area contributed by atoms with Crippen LogP contribution in [0, 0.1) is 5.92 Å². The van der Waals surface area contributed by atoms with E-state index in [1.54, 1.807) is 4.90 Å². The molecule has 158 valence electrons. The highest BCUT2D eigenvalue weighted by Crippen LogP contribution is 2.37. The van der Waals surface area contributed by atoms with Gasteiger partial charge in [0.1, 0.15) is 18.0 Å². The van der Waals surface area contributed by atoms with Gasteiger partial charge in [-0.05, 0) is 55.2 Å². The minimum absolute atomic E-state index is 0.0507. The summed E-state index contributed by atoms with van der Waals surface area (Å²) < 4.78 is 5.51. The average Bonchev–Trinajstić information content (AvgIpc) is 2.87. The Hall–Kier alpha value is -3.36. The van der Waals surface area contributed by atoms with Crippen molar-refractivity contribution in [3.05, 3.63) is 45.9 Å². The fourth-order valence-corrected chi connectivity index (χ4v) is 4.38. The molecule has 4 N–H and O–H groups in total. The fourth-order valence-electron chi connectivity index (χ4n) is 4.38. The standard InChI is InChI=1S/C21H24N4O5/c22-18-17-19(24-21(29)23-18)30-10-9-25(20(17)28)15-7-5-14(6-8-15)13-3-1-12(2-4-13)11-16(26)27/h5-8,12-13H,1-4,9-11H2,(H,26,27)(H3,22,23,24,29). The van der Waals surface area contributed by atoms with Gasteiger partial charge in [0.2, 0.25) is 5.88 Å². The van der Waals surface area contributed by atoms with E-state index in [0.717, 1.165) is 25.7 Å². The Labute approximate surface area is 172 Å². The van der Waals surface area contributed by atoms with Crippen LogP contribution in [-0.4, -0.2) is 40.1 Å². The third-order valence-electron chi connectivity index (χ3n) is 5.93. The molecule has 4 rings (SSSR count). The number of fused-ring (bicyclic) bond motifs is 1. The van der Waals surface area contributed by atoms with E-state index in [1.807, 2.05) is 24.3 Å². The normalized spacial score (nSPS) is 21.5. The summed E-state index contributed by atoms with van der Waals surface area (Å²) in [7, 11) is 0. The molecular formula is C21H24N4O5. The Morgan fingerprint density at radius 1 is 1.20 bits per heavy atom. The van der Waals surface area contributed by atoms with Gasteiger partial charge in [0, 0.05) is 12.1 Å². The molecule has 2 aliphatic rings. The van der Waals surface area contributed by atoms with Crippen molar-refractivity contribution in [2.75, 3.05) is 23.8 Å². The van der Waals surface area contributed by atoms with Gasteiger partial charge < -0.3 is 20.5 Å². The largest absolute Gasteiger partial charge is 0.481 e. The molecule has 9 heteroatoms. The number of H-pyrrole nitrogens is 1. The van der Waals surface area contributed by atoms with Gasteiger partial charge in [-0.2, -0.15) is 4.98 Å². The molecule has 0 atom stereocenters. The van der Waals surface area contributed by atoms with Crippen molar-refractivity contribution < 1.29 is 19.4 Å². The van der Waals surface area contributed by atoms with Crippen LogP contribution >= 0.6 is 0 Å². The Morgan fingerprint density at radius 2 is 1.90 bits per heavy atom. The molecule has 1 amide bonds. The van der Waals surface area contributed by atoms with E-state index >= 15 is 0 Å². The van der Waals surface area contributed by atoms with E-state index in [0.29, 0.717) is 18.2 Å². The highest BCUT2D eigenvalue weighted by molar-refractivity contribution is 6.10. The molecule has 0 bridgehead atoms. The first-order valence-corrected chi connectivity index (χ1v) is 10.1. The topological polar surface area (TPSA) is 139 Å². The number of carboxylic acids is 1. The number of nitrogens with zero attached hydrogens (tertiary/aromatic N) is 2.